The van der Waals surface area contributed by atoms with Crippen LogP contribution in [0.2, 0.25) is 0 Å². The predicted molar refractivity (Wildman–Crippen MR) is 175 cm³/mol. The highest BCUT2D eigenvalue weighted by Crippen LogP contribution is 2.32. The molecule has 0 aromatic heterocycles. The van der Waals surface area contributed by atoms with Gasteiger partial charge in [-0.2, -0.15) is 0 Å². The van der Waals surface area contributed by atoms with Crippen LogP contribution < -0.4 is 19.1 Å². The molecule has 4 aromatic carbocycles. The fourth-order valence-electron chi connectivity index (χ4n) is 4.97. The Bertz CT molecular complexity index is 1680. The molecular weight excluding hydrogens is 590 g/mol. The number of anilines is 1. The lowest BCUT2D eigenvalue weighted by atomic mass is 10.0. The molecule has 0 spiro atoms. The van der Waals surface area contributed by atoms with E-state index in [9.17, 15) is 18.0 Å². The van der Waals surface area contributed by atoms with E-state index in [0.717, 1.165) is 9.87 Å². The molecule has 0 unspecified atom stereocenters. The van der Waals surface area contributed by atoms with E-state index in [4.69, 9.17) is 9.47 Å². The normalized spacial score (nSPS) is 11.8. The van der Waals surface area contributed by atoms with Crippen molar-refractivity contribution < 1.29 is 27.5 Å². The van der Waals surface area contributed by atoms with E-state index in [1.165, 1.54) is 24.1 Å². The fraction of sp³-hybridized carbons (Fsp3) is 0.257. The number of para-hydroxylation sites is 2. The lowest BCUT2D eigenvalue weighted by molar-refractivity contribution is -0.140. The zero-order chi connectivity index (χ0) is 32.4. The van der Waals surface area contributed by atoms with Gasteiger partial charge < -0.3 is 19.7 Å². The van der Waals surface area contributed by atoms with Crippen LogP contribution in [0, 0.1) is 0 Å². The molecule has 0 saturated carbocycles. The highest BCUT2D eigenvalue weighted by Gasteiger charge is 2.35. The van der Waals surface area contributed by atoms with Gasteiger partial charge in [0.05, 0.1) is 24.8 Å². The molecule has 45 heavy (non-hydrogen) atoms. The second-order valence-electron chi connectivity index (χ2n) is 10.7. The van der Waals surface area contributed by atoms with Crippen molar-refractivity contribution in [2.24, 2.45) is 0 Å². The fourth-order valence-corrected chi connectivity index (χ4v) is 6.42. The van der Waals surface area contributed by atoms with Crippen LogP contribution in [0.5, 0.6) is 11.5 Å². The van der Waals surface area contributed by atoms with Crippen LogP contribution in [0.3, 0.4) is 0 Å². The number of benzene rings is 4. The van der Waals surface area contributed by atoms with E-state index in [1.54, 1.807) is 67.8 Å². The van der Waals surface area contributed by atoms with E-state index in [2.05, 4.69) is 5.32 Å². The molecule has 0 saturated heterocycles. The van der Waals surface area contributed by atoms with E-state index in [1.807, 2.05) is 50.2 Å². The van der Waals surface area contributed by atoms with E-state index in [-0.39, 0.29) is 41.2 Å². The first-order chi connectivity index (χ1) is 21.6. The number of carbonyl (C=O) groups excluding carboxylic acids is 2. The zero-order valence-corrected chi connectivity index (χ0v) is 26.7. The quantitative estimate of drug-likeness (QED) is 0.209. The van der Waals surface area contributed by atoms with Crippen LogP contribution in [0.25, 0.3) is 0 Å². The topological polar surface area (TPSA) is 105 Å². The lowest BCUT2D eigenvalue weighted by Crippen LogP contribution is -2.54. The molecule has 0 radical (unpaired) electrons. The Morgan fingerprint density at radius 3 is 2.04 bits per heavy atom. The Balaban J connectivity index is 1.83. The van der Waals surface area contributed by atoms with Crippen LogP contribution in [0.15, 0.2) is 114 Å². The molecule has 9 nitrogen and oxygen atoms in total. The van der Waals surface area contributed by atoms with Gasteiger partial charge in [0.1, 0.15) is 24.1 Å². The second kappa shape index (κ2) is 15.3. The van der Waals surface area contributed by atoms with Crippen LogP contribution in [-0.2, 0) is 32.6 Å². The van der Waals surface area contributed by atoms with Crippen molar-refractivity contribution in [2.45, 2.75) is 43.8 Å². The minimum absolute atomic E-state index is 0.0152. The predicted octanol–water partition coefficient (Wildman–Crippen LogP) is 5.06. The summed E-state index contributed by atoms with van der Waals surface area (Å²) in [5.41, 5.74) is 1.76. The number of sulfonamides is 1. The summed E-state index contributed by atoms with van der Waals surface area (Å²) in [4.78, 5) is 29.8. The summed E-state index contributed by atoms with van der Waals surface area (Å²) in [6.07, 6.45) is 0.217. The van der Waals surface area contributed by atoms with Crippen molar-refractivity contribution in [2.75, 3.05) is 25.1 Å². The van der Waals surface area contributed by atoms with Gasteiger partial charge in [0, 0.05) is 19.0 Å². The van der Waals surface area contributed by atoms with Crippen LogP contribution >= 0.6 is 0 Å². The Morgan fingerprint density at radius 1 is 0.778 bits per heavy atom. The summed E-state index contributed by atoms with van der Waals surface area (Å²) in [6.45, 7) is 3.15. The van der Waals surface area contributed by atoms with Gasteiger partial charge in [-0.05, 0) is 61.4 Å². The van der Waals surface area contributed by atoms with Crippen LogP contribution in [0.1, 0.15) is 25.0 Å². The first-order valence-corrected chi connectivity index (χ1v) is 16.1. The number of nitrogens with zero attached hydrogens (tertiary/aromatic N) is 2. The molecule has 10 heteroatoms. The van der Waals surface area contributed by atoms with Gasteiger partial charge in [0.2, 0.25) is 11.8 Å². The van der Waals surface area contributed by atoms with Crippen molar-refractivity contribution in [1.82, 2.24) is 10.2 Å². The summed E-state index contributed by atoms with van der Waals surface area (Å²) in [7, 11) is -1.25. The van der Waals surface area contributed by atoms with Gasteiger partial charge >= 0.3 is 0 Å². The molecular formula is C35H39N3O6S. The molecule has 0 heterocycles. The average Bonchev–Trinajstić information content (AvgIpc) is 3.05. The Hall–Kier alpha value is -4.83. The maximum atomic E-state index is 14.6. The van der Waals surface area contributed by atoms with E-state index in [0.29, 0.717) is 11.3 Å². The number of hydrogen-bond donors (Lipinski definition) is 1. The third-order valence-electron chi connectivity index (χ3n) is 7.15. The summed E-state index contributed by atoms with van der Waals surface area (Å²) < 4.78 is 40.3. The van der Waals surface area contributed by atoms with Crippen molar-refractivity contribution in [1.29, 1.82) is 0 Å². The first-order valence-electron chi connectivity index (χ1n) is 14.6. The summed E-state index contributed by atoms with van der Waals surface area (Å²) in [6, 6.07) is 30.0. The van der Waals surface area contributed by atoms with Gasteiger partial charge in [0.25, 0.3) is 10.0 Å². The van der Waals surface area contributed by atoms with Crippen molar-refractivity contribution in [3.8, 4) is 11.5 Å². The Labute approximate surface area is 265 Å². The number of rotatable bonds is 14. The van der Waals surface area contributed by atoms with Gasteiger partial charge in [-0.1, -0.05) is 72.8 Å². The molecule has 0 aliphatic rings. The zero-order valence-electron chi connectivity index (χ0n) is 25.9. The highest BCUT2D eigenvalue weighted by molar-refractivity contribution is 7.92. The molecule has 0 aliphatic heterocycles. The summed E-state index contributed by atoms with van der Waals surface area (Å²) >= 11 is 0. The molecule has 1 atom stereocenters. The summed E-state index contributed by atoms with van der Waals surface area (Å²) in [5.74, 6) is -0.0427. The second-order valence-corrected chi connectivity index (χ2v) is 12.6. The largest absolute Gasteiger partial charge is 0.497 e. The third kappa shape index (κ3) is 8.42. The van der Waals surface area contributed by atoms with Crippen LogP contribution in [-0.4, -0.2) is 58.0 Å². The molecule has 236 valence electrons. The maximum absolute atomic E-state index is 14.6. The Kier molecular flexibility index (Phi) is 11.2. The Morgan fingerprint density at radius 2 is 1.40 bits per heavy atom. The maximum Gasteiger partial charge on any atom is 0.264 e. The third-order valence-corrected chi connectivity index (χ3v) is 8.93. The average molecular weight is 630 g/mol. The molecule has 0 fully saturated rings. The minimum Gasteiger partial charge on any atom is -0.497 e. The number of nitrogens with one attached hydrogen (secondary N) is 1. The lowest BCUT2D eigenvalue weighted by Gasteiger charge is -2.34. The van der Waals surface area contributed by atoms with Crippen LogP contribution in [0.4, 0.5) is 5.69 Å². The molecule has 4 rings (SSSR count). The molecule has 1 N–H and O–H groups in total. The van der Waals surface area contributed by atoms with Crippen molar-refractivity contribution >= 4 is 27.5 Å². The van der Waals surface area contributed by atoms with Crippen molar-refractivity contribution in [3.63, 3.8) is 0 Å². The number of carbonyl (C=O) groups is 2. The standard InChI is InChI=1S/C35H39N3O6S/c1-26(2)36-35(40)32(23-27-14-7-5-8-15-27)37(24-28-16-13-17-29(22-28)43-3)34(39)25-38(31-20-11-12-21-33(31)44-4)45(41,42)30-18-9-6-10-19-30/h5-22,26,32H,23-25H2,1-4H3,(H,36,40)/t32-/m1/s1. The SMILES string of the molecule is COc1cccc(CN(C(=O)CN(c2ccccc2OC)S(=O)(=O)c2ccccc2)[C@H](Cc2ccccc2)C(=O)NC(C)C)c1. The molecule has 0 bridgehead atoms. The molecule has 0 aliphatic carbocycles. The minimum atomic E-state index is -4.24. The van der Waals surface area contributed by atoms with Gasteiger partial charge in [-0.25, -0.2) is 8.42 Å². The van der Waals surface area contributed by atoms with Gasteiger partial charge in [0.15, 0.2) is 0 Å². The highest BCUT2D eigenvalue weighted by atomic mass is 32.2. The smallest absolute Gasteiger partial charge is 0.264 e. The summed E-state index contributed by atoms with van der Waals surface area (Å²) in [5, 5.41) is 2.96. The number of ether oxygens (including phenoxy) is 2. The van der Waals surface area contributed by atoms with Gasteiger partial charge in [-0.15, -0.1) is 0 Å². The number of amides is 2. The molecule has 2 amide bonds. The number of hydrogen-bond acceptors (Lipinski definition) is 6. The van der Waals surface area contributed by atoms with E-state index < -0.39 is 28.5 Å². The first kappa shape index (κ1) is 33.1. The van der Waals surface area contributed by atoms with Crippen molar-refractivity contribution in [3.05, 3.63) is 120 Å². The van der Waals surface area contributed by atoms with Gasteiger partial charge in [-0.3, -0.25) is 13.9 Å². The molecule has 4 aromatic rings. The van der Waals surface area contributed by atoms with E-state index >= 15 is 0 Å². The monoisotopic (exact) mass is 629 g/mol. The number of methoxy groups -OCH3 is 2.